The fraction of sp³-hybridized carbons (Fsp3) is 0.222. The van der Waals surface area contributed by atoms with Gasteiger partial charge in [-0.05, 0) is 34.7 Å². The number of phenolic OH excluding ortho intramolecular Hbond substituents is 1. The highest BCUT2D eigenvalue weighted by molar-refractivity contribution is 14.1. The van der Waals surface area contributed by atoms with Gasteiger partial charge in [-0.2, -0.15) is 0 Å². The summed E-state index contributed by atoms with van der Waals surface area (Å²) in [6.45, 7) is 0. The second-order valence-corrected chi connectivity index (χ2v) is 4.15. The van der Waals surface area contributed by atoms with Crippen LogP contribution in [0.2, 0.25) is 0 Å². The molecule has 4 nitrogen and oxygen atoms in total. The average molecular weight is 307 g/mol. The quantitative estimate of drug-likeness (QED) is 0.739. The third kappa shape index (κ3) is 2.85. The van der Waals surface area contributed by atoms with Crippen LogP contribution >= 0.6 is 22.6 Å². The number of halogens is 1. The summed E-state index contributed by atoms with van der Waals surface area (Å²) in [6, 6.07) is 4.31. The van der Waals surface area contributed by atoms with Crippen molar-refractivity contribution in [3.8, 4) is 5.75 Å². The Kier molecular flexibility index (Phi) is 3.70. The van der Waals surface area contributed by atoms with Gasteiger partial charge in [0, 0.05) is 15.2 Å². The van der Waals surface area contributed by atoms with Gasteiger partial charge in [0.25, 0.3) is 0 Å². The van der Waals surface area contributed by atoms with Crippen LogP contribution in [0, 0.1) is 3.57 Å². The Bertz CT molecular complexity index is 354. The number of benzene rings is 1. The average Bonchev–Trinajstić information content (AvgIpc) is 2.01. The lowest BCUT2D eigenvalue weighted by Gasteiger charge is -2.11. The fourth-order valence-corrected chi connectivity index (χ4v) is 1.60. The SMILES string of the molecule is NC(CC(=O)O)c1ccc(I)cc1O. The Morgan fingerprint density at radius 3 is 2.71 bits per heavy atom. The molecule has 1 atom stereocenters. The van der Waals surface area contributed by atoms with E-state index in [1.54, 1.807) is 18.2 Å². The molecule has 0 radical (unpaired) electrons. The summed E-state index contributed by atoms with van der Waals surface area (Å²) < 4.78 is 0.881. The van der Waals surface area contributed by atoms with E-state index in [-0.39, 0.29) is 12.2 Å². The Balaban J connectivity index is 2.90. The number of carboxylic acids is 1. The lowest BCUT2D eigenvalue weighted by molar-refractivity contribution is -0.137. The molecule has 1 unspecified atom stereocenters. The molecule has 0 amide bonds. The number of hydrogen-bond acceptors (Lipinski definition) is 3. The summed E-state index contributed by atoms with van der Waals surface area (Å²) in [5.74, 6) is -0.930. The topological polar surface area (TPSA) is 83.6 Å². The number of carboxylic acid groups (broad SMARTS) is 1. The summed E-state index contributed by atoms with van der Waals surface area (Å²) in [7, 11) is 0. The van der Waals surface area contributed by atoms with Crippen molar-refractivity contribution in [3.63, 3.8) is 0 Å². The number of aromatic hydroxyl groups is 1. The normalized spacial score (nSPS) is 12.4. The number of aliphatic carboxylic acids is 1. The molecule has 1 rings (SSSR count). The van der Waals surface area contributed by atoms with Gasteiger partial charge in [-0.15, -0.1) is 0 Å². The minimum Gasteiger partial charge on any atom is -0.508 e. The van der Waals surface area contributed by atoms with Gasteiger partial charge in [0.2, 0.25) is 0 Å². The lowest BCUT2D eigenvalue weighted by Crippen LogP contribution is -2.15. The third-order valence-corrected chi connectivity index (χ3v) is 2.46. The molecule has 0 aliphatic rings. The zero-order valence-electron chi connectivity index (χ0n) is 7.27. The zero-order valence-corrected chi connectivity index (χ0v) is 9.43. The summed E-state index contributed by atoms with van der Waals surface area (Å²) >= 11 is 2.05. The molecule has 0 bridgehead atoms. The lowest BCUT2D eigenvalue weighted by atomic mass is 10.0. The Labute approximate surface area is 94.9 Å². The minimum atomic E-state index is -0.976. The molecule has 0 aliphatic carbocycles. The molecule has 0 aliphatic heterocycles. The van der Waals surface area contributed by atoms with Crippen LogP contribution < -0.4 is 5.73 Å². The summed E-state index contributed by atoms with van der Waals surface area (Å²) in [6.07, 6.45) is -0.186. The van der Waals surface area contributed by atoms with Crippen molar-refractivity contribution in [2.75, 3.05) is 0 Å². The van der Waals surface area contributed by atoms with Crippen LogP contribution in [-0.2, 0) is 4.79 Å². The second-order valence-electron chi connectivity index (χ2n) is 2.91. The van der Waals surface area contributed by atoms with Crippen LogP contribution in [0.15, 0.2) is 18.2 Å². The maximum absolute atomic E-state index is 10.4. The minimum absolute atomic E-state index is 0.0469. The summed E-state index contributed by atoms with van der Waals surface area (Å²) in [4.78, 5) is 10.4. The van der Waals surface area contributed by atoms with Crippen LogP contribution in [-0.4, -0.2) is 16.2 Å². The molecule has 14 heavy (non-hydrogen) atoms. The van der Waals surface area contributed by atoms with Gasteiger partial charge >= 0.3 is 5.97 Å². The van der Waals surface area contributed by atoms with Crippen LogP contribution in [0.5, 0.6) is 5.75 Å². The molecule has 1 aromatic carbocycles. The van der Waals surface area contributed by atoms with Gasteiger partial charge in [0.15, 0.2) is 0 Å². The van der Waals surface area contributed by atoms with Gasteiger partial charge in [-0.3, -0.25) is 4.79 Å². The molecule has 0 saturated heterocycles. The summed E-state index contributed by atoms with van der Waals surface area (Å²) in [5, 5.41) is 18.0. The molecule has 0 heterocycles. The Morgan fingerprint density at radius 2 is 2.21 bits per heavy atom. The third-order valence-electron chi connectivity index (χ3n) is 1.79. The molecule has 1 aromatic rings. The predicted octanol–water partition coefficient (Wildman–Crippen LogP) is 1.47. The standard InChI is InChI=1S/C9H10INO3/c10-5-1-2-6(8(12)3-5)7(11)4-9(13)14/h1-3,7,12H,4,11H2,(H,13,14). The van der Waals surface area contributed by atoms with Crippen molar-refractivity contribution < 1.29 is 15.0 Å². The van der Waals surface area contributed by atoms with Gasteiger partial charge in [0.1, 0.15) is 5.75 Å². The van der Waals surface area contributed by atoms with E-state index < -0.39 is 12.0 Å². The largest absolute Gasteiger partial charge is 0.508 e. The molecule has 0 saturated carbocycles. The van der Waals surface area contributed by atoms with E-state index in [0.717, 1.165) is 3.57 Å². The highest BCUT2D eigenvalue weighted by Crippen LogP contribution is 2.26. The number of carbonyl (C=O) groups is 1. The number of nitrogens with two attached hydrogens (primary N) is 1. The number of rotatable bonds is 3. The van der Waals surface area contributed by atoms with E-state index in [1.807, 2.05) is 0 Å². The molecule has 5 heteroatoms. The highest BCUT2D eigenvalue weighted by Gasteiger charge is 2.14. The smallest absolute Gasteiger partial charge is 0.305 e. The molecule has 76 valence electrons. The molecule has 0 spiro atoms. The highest BCUT2D eigenvalue weighted by atomic mass is 127. The second kappa shape index (κ2) is 4.61. The predicted molar refractivity (Wildman–Crippen MR) is 60.0 cm³/mol. The van der Waals surface area contributed by atoms with Crippen molar-refractivity contribution in [3.05, 3.63) is 27.3 Å². The van der Waals surface area contributed by atoms with E-state index in [1.165, 1.54) is 0 Å². The first-order valence-corrected chi connectivity index (χ1v) is 5.04. The van der Waals surface area contributed by atoms with E-state index in [2.05, 4.69) is 22.6 Å². The first kappa shape index (κ1) is 11.3. The first-order valence-electron chi connectivity index (χ1n) is 3.96. The monoisotopic (exact) mass is 307 g/mol. The molecule has 0 fully saturated rings. The van der Waals surface area contributed by atoms with E-state index >= 15 is 0 Å². The number of hydrogen-bond donors (Lipinski definition) is 3. The van der Waals surface area contributed by atoms with E-state index in [0.29, 0.717) is 5.56 Å². The van der Waals surface area contributed by atoms with Crippen molar-refractivity contribution in [2.24, 2.45) is 5.73 Å². The maximum Gasteiger partial charge on any atom is 0.305 e. The Morgan fingerprint density at radius 1 is 1.57 bits per heavy atom. The van der Waals surface area contributed by atoms with Gasteiger partial charge < -0.3 is 15.9 Å². The van der Waals surface area contributed by atoms with Crippen molar-refractivity contribution in [2.45, 2.75) is 12.5 Å². The zero-order chi connectivity index (χ0) is 10.7. The van der Waals surface area contributed by atoms with Gasteiger partial charge in [0.05, 0.1) is 6.42 Å². The van der Waals surface area contributed by atoms with Crippen molar-refractivity contribution in [1.82, 2.24) is 0 Å². The first-order chi connectivity index (χ1) is 6.50. The van der Waals surface area contributed by atoms with Gasteiger partial charge in [-0.25, -0.2) is 0 Å². The van der Waals surface area contributed by atoms with E-state index in [9.17, 15) is 9.90 Å². The molecular weight excluding hydrogens is 297 g/mol. The van der Waals surface area contributed by atoms with Crippen LogP contribution in [0.25, 0.3) is 0 Å². The molecule has 4 N–H and O–H groups in total. The van der Waals surface area contributed by atoms with Crippen LogP contribution in [0.1, 0.15) is 18.0 Å². The van der Waals surface area contributed by atoms with Crippen LogP contribution in [0.4, 0.5) is 0 Å². The van der Waals surface area contributed by atoms with Gasteiger partial charge in [-0.1, -0.05) is 6.07 Å². The van der Waals surface area contributed by atoms with Crippen molar-refractivity contribution in [1.29, 1.82) is 0 Å². The number of phenols is 1. The molecule has 0 aromatic heterocycles. The Hall–Kier alpha value is -0.820. The maximum atomic E-state index is 10.4. The van der Waals surface area contributed by atoms with E-state index in [4.69, 9.17) is 10.8 Å². The summed E-state index contributed by atoms with van der Waals surface area (Å²) in [5.41, 5.74) is 6.07. The fourth-order valence-electron chi connectivity index (χ4n) is 1.13. The van der Waals surface area contributed by atoms with Crippen LogP contribution in [0.3, 0.4) is 0 Å². The molecular formula is C9H10INO3. The van der Waals surface area contributed by atoms with Crippen molar-refractivity contribution >= 4 is 28.6 Å².